The molecule has 9 heteroatoms. The molecule has 1 aliphatic rings. The number of nitrogens with zero attached hydrogens (tertiary/aromatic N) is 5. The molecule has 3 rings (SSSR count). The van der Waals surface area contributed by atoms with E-state index in [-0.39, 0.29) is 42.5 Å². The number of nitrogens with one attached hydrogen (secondary N) is 1. The van der Waals surface area contributed by atoms with Gasteiger partial charge >= 0.3 is 0 Å². The van der Waals surface area contributed by atoms with Crippen molar-refractivity contribution < 1.29 is 4.79 Å². The largest absolute Gasteiger partial charge is 0.349 e. The number of guanidine groups is 1. The van der Waals surface area contributed by atoms with Crippen molar-refractivity contribution in [1.29, 1.82) is 0 Å². The highest BCUT2D eigenvalue weighted by Crippen LogP contribution is 2.27. The van der Waals surface area contributed by atoms with E-state index in [1.165, 1.54) is 10.4 Å². The Balaban J connectivity index is 0.00000280. The lowest BCUT2D eigenvalue weighted by molar-refractivity contribution is -0.127. The third kappa shape index (κ3) is 5.69. The molecule has 0 aliphatic carbocycles. The smallest absolute Gasteiger partial charge is 0.243 e. The Hall–Kier alpha value is -1.62. The van der Waals surface area contributed by atoms with Crippen LogP contribution < -0.4 is 5.32 Å². The molecule has 0 radical (unpaired) electrons. The SMILES string of the molecule is CC(NC(=NCC(=O)N(C)C)N1CCC(c2cnn(C)c2)C1)c1cccs1.I. The molecule has 2 aromatic rings. The van der Waals surface area contributed by atoms with Crippen molar-refractivity contribution >= 4 is 47.2 Å². The second-order valence-corrected chi connectivity index (χ2v) is 8.17. The van der Waals surface area contributed by atoms with Crippen LogP contribution in [-0.2, 0) is 11.8 Å². The zero-order valence-corrected chi connectivity index (χ0v) is 20.0. The van der Waals surface area contributed by atoms with Gasteiger partial charge in [-0.3, -0.25) is 9.48 Å². The van der Waals surface area contributed by atoms with E-state index in [1.54, 1.807) is 30.3 Å². The molecule has 1 fully saturated rings. The van der Waals surface area contributed by atoms with E-state index in [0.717, 1.165) is 25.5 Å². The number of likely N-dealkylation sites (N-methyl/N-ethyl adjacent to an activating group) is 1. The van der Waals surface area contributed by atoms with Crippen molar-refractivity contribution in [3.8, 4) is 0 Å². The summed E-state index contributed by atoms with van der Waals surface area (Å²) in [4.78, 5) is 21.7. The van der Waals surface area contributed by atoms with Crippen LogP contribution in [0.15, 0.2) is 34.9 Å². The highest BCUT2D eigenvalue weighted by molar-refractivity contribution is 14.0. The predicted octanol–water partition coefficient (Wildman–Crippen LogP) is 2.68. The second kappa shape index (κ2) is 10.2. The minimum atomic E-state index is 0. The summed E-state index contributed by atoms with van der Waals surface area (Å²) in [6.45, 7) is 4.08. The third-order valence-electron chi connectivity index (χ3n) is 4.86. The van der Waals surface area contributed by atoms with Crippen LogP contribution in [0.4, 0.5) is 0 Å². The summed E-state index contributed by atoms with van der Waals surface area (Å²) < 4.78 is 1.85. The number of aryl methyl sites for hydroxylation is 1. The van der Waals surface area contributed by atoms with Gasteiger partial charge < -0.3 is 15.1 Å². The number of rotatable bonds is 5. The van der Waals surface area contributed by atoms with Gasteiger partial charge in [0.25, 0.3) is 0 Å². The summed E-state index contributed by atoms with van der Waals surface area (Å²) in [5.74, 6) is 1.24. The predicted molar refractivity (Wildman–Crippen MR) is 124 cm³/mol. The summed E-state index contributed by atoms with van der Waals surface area (Å²) in [6.07, 6.45) is 5.09. The molecular formula is C19H29IN6OS. The Morgan fingerprint density at radius 1 is 1.50 bits per heavy atom. The molecule has 2 atom stereocenters. The lowest BCUT2D eigenvalue weighted by Gasteiger charge is -2.25. The number of aromatic nitrogens is 2. The normalized spacial score (nSPS) is 17.9. The van der Waals surface area contributed by atoms with E-state index >= 15 is 0 Å². The summed E-state index contributed by atoms with van der Waals surface area (Å²) in [7, 11) is 5.46. The third-order valence-corrected chi connectivity index (χ3v) is 5.92. The number of hydrogen-bond donors (Lipinski definition) is 1. The fraction of sp³-hybridized carbons (Fsp3) is 0.526. The van der Waals surface area contributed by atoms with Crippen LogP contribution in [0.3, 0.4) is 0 Å². The maximum Gasteiger partial charge on any atom is 0.243 e. The van der Waals surface area contributed by atoms with Crippen molar-refractivity contribution in [2.45, 2.75) is 25.3 Å². The van der Waals surface area contributed by atoms with Crippen LogP contribution in [-0.4, -0.2) is 65.2 Å². The van der Waals surface area contributed by atoms with Crippen LogP contribution in [0.25, 0.3) is 0 Å². The number of amides is 1. The Morgan fingerprint density at radius 2 is 2.29 bits per heavy atom. The van der Waals surface area contributed by atoms with Crippen molar-refractivity contribution in [2.24, 2.45) is 12.0 Å². The highest BCUT2D eigenvalue weighted by Gasteiger charge is 2.28. The number of hydrogen-bond acceptors (Lipinski definition) is 4. The summed E-state index contributed by atoms with van der Waals surface area (Å²) in [5.41, 5.74) is 1.26. The van der Waals surface area contributed by atoms with Gasteiger partial charge in [0, 0.05) is 51.2 Å². The first-order valence-electron chi connectivity index (χ1n) is 9.22. The monoisotopic (exact) mass is 516 g/mol. The zero-order chi connectivity index (χ0) is 19.4. The van der Waals surface area contributed by atoms with E-state index in [1.807, 2.05) is 17.9 Å². The van der Waals surface area contributed by atoms with E-state index < -0.39 is 0 Å². The molecule has 7 nitrogen and oxygen atoms in total. The first kappa shape index (κ1) is 22.7. The maximum absolute atomic E-state index is 12.0. The van der Waals surface area contributed by atoms with Gasteiger partial charge in [-0.15, -0.1) is 35.3 Å². The quantitative estimate of drug-likeness (QED) is 0.377. The van der Waals surface area contributed by atoms with E-state index in [2.05, 4.69) is 50.9 Å². The Bertz CT molecular complexity index is 788. The topological polar surface area (TPSA) is 65.8 Å². The number of aliphatic imine (C=N–C) groups is 1. The van der Waals surface area contributed by atoms with Gasteiger partial charge in [0.05, 0.1) is 12.2 Å². The molecule has 1 N–H and O–H groups in total. The molecule has 2 unspecified atom stereocenters. The standard InChI is InChI=1S/C19H28N6OS.HI/c1-14(17-6-5-9-27-17)22-19(20-11-18(26)23(2)3)25-8-7-15(13-25)16-10-21-24(4)12-16;/h5-6,9-10,12,14-15H,7-8,11,13H2,1-4H3,(H,20,22);1H. The summed E-state index contributed by atoms with van der Waals surface area (Å²) >= 11 is 1.72. The fourth-order valence-corrected chi connectivity index (χ4v) is 3.93. The van der Waals surface area contributed by atoms with Crippen molar-refractivity contribution in [3.63, 3.8) is 0 Å². The Labute approximate surface area is 187 Å². The van der Waals surface area contributed by atoms with Crippen molar-refractivity contribution in [1.82, 2.24) is 24.9 Å². The molecule has 0 bridgehead atoms. The van der Waals surface area contributed by atoms with E-state index in [0.29, 0.717) is 5.92 Å². The van der Waals surface area contributed by atoms with Gasteiger partial charge in [0.15, 0.2) is 5.96 Å². The lowest BCUT2D eigenvalue weighted by atomic mass is 10.0. The summed E-state index contributed by atoms with van der Waals surface area (Å²) in [6, 6.07) is 4.32. The molecule has 0 spiro atoms. The first-order valence-corrected chi connectivity index (χ1v) is 10.1. The number of carbonyl (C=O) groups excluding carboxylic acids is 1. The van der Waals surface area contributed by atoms with Gasteiger partial charge in [-0.05, 0) is 30.4 Å². The van der Waals surface area contributed by atoms with Crippen molar-refractivity contribution in [3.05, 3.63) is 40.3 Å². The molecule has 1 amide bonds. The van der Waals surface area contributed by atoms with Crippen LogP contribution in [0.1, 0.15) is 35.7 Å². The molecule has 0 aromatic carbocycles. The average Bonchev–Trinajstić information content (AvgIpc) is 3.38. The Morgan fingerprint density at radius 3 is 2.89 bits per heavy atom. The second-order valence-electron chi connectivity index (χ2n) is 7.19. The average molecular weight is 516 g/mol. The molecule has 154 valence electrons. The minimum Gasteiger partial charge on any atom is -0.349 e. The number of likely N-dealkylation sites (tertiary alicyclic amines) is 1. The molecule has 1 saturated heterocycles. The van der Waals surface area contributed by atoms with Gasteiger partial charge in [-0.1, -0.05) is 6.07 Å². The molecular weight excluding hydrogens is 487 g/mol. The number of halogens is 1. The lowest BCUT2D eigenvalue weighted by Crippen LogP contribution is -2.42. The van der Waals surface area contributed by atoms with Crippen LogP contribution >= 0.6 is 35.3 Å². The van der Waals surface area contributed by atoms with E-state index in [9.17, 15) is 4.79 Å². The minimum absolute atomic E-state index is 0. The number of carbonyl (C=O) groups is 1. The van der Waals surface area contributed by atoms with Crippen LogP contribution in [0, 0.1) is 0 Å². The van der Waals surface area contributed by atoms with Gasteiger partial charge in [0.2, 0.25) is 5.91 Å². The molecule has 28 heavy (non-hydrogen) atoms. The van der Waals surface area contributed by atoms with Gasteiger partial charge in [-0.25, -0.2) is 4.99 Å². The maximum atomic E-state index is 12.0. The molecule has 0 saturated carbocycles. The number of thiophene rings is 1. The highest BCUT2D eigenvalue weighted by atomic mass is 127. The molecule has 2 aromatic heterocycles. The molecule has 1 aliphatic heterocycles. The van der Waals surface area contributed by atoms with Crippen molar-refractivity contribution in [2.75, 3.05) is 33.7 Å². The van der Waals surface area contributed by atoms with Crippen LogP contribution in [0.5, 0.6) is 0 Å². The summed E-state index contributed by atoms with van der Waals surface area (Å²) in [5, 5.41) is 9.90. The molecule has 3 heterocycles. The zero-order valence-electron chi connectivity index (χ0n) is 16.8. The fourth-order valence-electron chi connectivity index (χ4n) is 3.20. The van der Waals surface area contributed by atoms with Crippen LogP contribution in [0.2, 0.25) is 0 Å². The van der Waals surface area contributed by atoms with E-state index in [4.69, 9.17) is 0 Å². The first-order chi connectivity index (χ1) is 12.9. The Kier molecular flexibility index (Phi) is 8.29. The van der Waals surface area contributed by atoms with Gasteiger partial charge in [-0.2, -0.15) is 5.10 Å². The van der Waals surface area contributed by atoms with Gasteiger partial charge in [0.1, 0.15) is 6.54 Å².